The van der Waals surface area contributed by atoms with E-state index in [0.717, 1.165) is 5.69 Å². The lowest BCUT2D eigenvalue weighted by atomic mass is 10.2. The molecule has 0 saturated heterocycles. The Morgan fingerprint density at radius 3 is 1.88 bits per heavy atom. The van der Waals surface area contributed by atoms with Gasteiger partial charge in [-0.1, -0.05) is 30.3 Å². The van der Waals surface area contributed by atoms with Crippen molar-refractivity contribution >= 4 is 13.3 Å². The number of anilines is 1. The summed E-state index contributed by atoms with van der Waals surface area (Å²) in [6.07, 6.45) is -0.574. The van der Waals surface area contributed by atoms with Crippen LogP contribution in [0.25, 0.3) is 0 Å². The fourth-order valence-corrected chi connectivity index (χ4v) is 4.73. The van der Waals surface area contributed by atoms with Gasteiger partial charge in [0.05, 0.1) is 12.2 Å². The summed E-state index contributed by atoms with van der Waals surface area (Å²) in [7, 11) is -3.58. The lowest BCUT2D eigenvalue weighted by Crippen LogP contribution is -2.19. The molecule has 136 valence electrons. The highest BCUT2D eigenvalue weighted by Gasteiger charge is 2.39. The number of para-hydroxylation sites is 1. The van der Waals surface area contributed by atoms with Gasteiger partial charge in [-0.05, 0) is 57.5 Å². The molecule has 1 atom stereocenters. The molecular formula is C19H25FNO3P. The second kappa shape index (κ2) is 8.61. The Kier molecular flexibility index (Phi) is 6.77. The van der Waals surface area contributed by atoms with Crippen molar-refractivity contribution in [2.75, 3.05) is 5.32 Å². The van der Waals surface area contributed by atoms with Gasteiger partial charge in [-0.15, -0.1) is 0 Å². The first-order valence-corrected chi connectivity index (χ1v) is 9.95. The first kappa shape index (κ1) is 19.6. The van der Waals surface area contributed by atoms with E-state index in [-0.39, 0.29) is 18.0 Å². The van der Waals surface area contributed by atoms with Gasteiger partial charge in [0.1, 0.15) is 5.82 Å². The van der Waals surface area contributed by atoms with Crippen LogP contribution < -0.4 is 5.32 Å². The van der Waals surface area contributed by atoms with E-state index in [9.17, 15) is 8.96 Å². The van der Waals surface area contributed by atoms with Crippen LogP contribution in [0.2, 0.25) is 0 Å². The Labute approximate surface area is 148 Å². The summed E-state index contributed by atoms with van der Waals surface area (Å²) in [4.78, 5) is 0. The Hall–Kier alpha value is -1.68. The number of nitrogens with one attached hydrogen (secondary N) is 1. The van der Waals surface area contributed by atoms with Gasteiger partial charge in [0, 0.05) is 5.69 Å². The molecule has 0 amide bonds. The molecule has 1 N–H and O–H groups in total. The summed E-state index contributed by atoms with van der Waals surface area (Å²) in [6.45, 7) is 7.22. The smallest absolute Gasteiger partial charge is 0.357 e. The zero-order valence-corrected chi connectivity index (χ0v) is 15.9. The molecule has 25 heavy (non-hydrogen) atoms. The third-order valence-corrected chi connectivity index (χ3v) is 5.79. The van der Waals surface area contributed by atoms with E-state index in [1.807, 2.05) is 30.3 Å². The largest absolute Gasteiger partial charge is 0.368 e. The van der Waals surface area contributed by atoms with Crippen molar-refractivity contribution in [2.45, 2.75) is 45.7 Å². The fourth-order valence-electron chi connectivity index (χ4n) is 2.42. The third kappa shape index (κ3) is 5.67. The van der Waals surface area contributed by atoms with Crippen molar-refractivity contribution in [3.05, 3.63) is 66.0 Å². The van der Waals surface area contributed by atoms with Gasteiger partial charge in [0.2, 0.25) is 0 Å². The Morgan fingerprint density at radius 1 is 0.880 bits per heavy atom. The molecule has 0 aromatic heterocycles. The summed E-state index contributed by atoms with van der Waals surface area (Å²) in [5, 5.41) is 3.23. The third-order valence-electron chi connectivity index (χ3n) is 3.29. The SMILES string of the molecule is CC(C)OP(=O)(OC(C)C)C(Nc1ccccc1)c1ccc(F)cc1. The maximum atomic E-state index is 13.6. The summed E-state index contributed by atoms with van der Waals surface area (Å²) in [5.41, 5.74) is 1.41. The van der Waals surface area contributed by atoms with Crippen LogP contribution in [-0.2, 0) is 13.6 Å². The summed E-state index contributed by atoms with van der Waals surface area (Å²) in [5.74, 6) is -1.10. The van der Waals surface area contributed by atoms with Gasteiger partial charge in [0.25, 0.3) is 0 Å². The van der Waals surface area contributed by atoms with Gasteiger partial charge >= 0.3 is 7.60 Å². The number of hydrogen-bond donors (Lipinski definition) is 1. The topological polar surface area (TPSA) is 47.6 Å². The Bertz CT molecular complexity index is 690. The van der Waals surface area contributed by atoms with E-state index in [1.54, 1.807) is 39.8 Å². The zero-order chi connectivity index (χ0) is 18.4. The van der Waals surface area contributed by atoms with Crippen molar-refractivity contribution in [3.63, 3.8) is 0 Å². The van der Waals surface area contributed by atoms with Crippen LogP contribution in [0.5, 0.6) is 0 Å². The molecular weight excluding hydrogens is 340 g/mol. The van der Waals surface area contributed by atoms with Crippen LogP contribution in [-0.4, -0.2) is 12.2 Å². The average molecular weight is 365 g/mol. The lowest BCUT2D eigenvalue weighted by Gasteiger charge is -2.31. The van der Waals surface area contributed by atoms with Crippen LogP contribution >= 0.6 is 7.60 Å². The van der Waals surface area contributed by atoms with Crippen molar-refractivity contribution in [1.29, 1.82) is 0 Å². The van der Waals surface area contributed by atoms with Crippen LogP contribution in [0.15, 0.2) is 54.6 Å². The molecule has 0 spiro atoms. The number of hydrogen-bond acceptors (Lipinski definition) is 4. The summed E-state index contributed by atoms with van der Waals surface area (Å²) < 4.78 is 38.5. The number of halogens is 1. The molecule has 0 saturated carbocycles. The second-order valence-corrected chi connectivity index (χ2v) is 8.33. The van der Waals surface area contributed by atoms with E-state index >= 15 is 0 Å². The molecule has 2 rings (SSSR count). The van der Waals surface area contributed by atoms with Crippen LogP contribution in [0.4, 0.5) is 10.1 Å². The lowest BCUT2D eigenvalue weighted by molar-refractivity contribution is 0.138. The van der Waals surface area contributed by atoms with E-state index in [1.165, 1.54) is 12.1 Å². The van der Waals surface area contributed by atoms with Crippen LogP contribution in [0.3, 0.4) is 0 Å². The minimum atomic E-state index is -3.58. The van der Waals surface area contributed by atoms with Crippen molar-refractivity contribution in [2.24, 2.45) is 0 Å². The van der Waals surface area contributed by atoms with Crippen molar-refractivity contribution < 1.29 is 18.0 Å². The quantitative estimate of drug-likeness (QED) is 0.585. The molecule has 0 fully saturated rings. The van der Waals surface area contributed by atoms with Gasteiger partial charge in [0.15, 0.2) is 5.78 Å². The minimum absolute atomic E-state index is 0.287. The Morgan fingerprint density at radius 2 is 1.40 bits per heavy atom. The highest BCUT2D eigenvalue weighted by molar-refractivity contribution is 7.54. The monoisotopic (exact) mass is 365 g/mol. The molecule has 0 heterocycles. The molecule has 2 aromatic rings. The number of benzene rings is 2. The van der Waals surface area contributed by atoms with E-state index < -0.39 is 13.4 Å². The van der Waals surface area contributed by atoms with Gasteiger partial charge in [-0.2, -0.15) is 0 Å². The number of rotatable bonds is 8. The molecule has 1 unspecified atom stereocenters. The molecule has 0 aliphatic rings. The zero-order valence-electron chi connectivity index (χ0n) is 15.0. The van der Waals surface area contributed by atoms with Gasteiger partial charge in [-0.25, -0.2) is 4.39 Å². The molecule has 4 nitrogen and oxygen atoms in total. The van der Waals surface area contributed by atoms with Crippen LogP contribution in [0.1, 0.15) is 39.0 Å². The molecule has 0 radical (unpaired) electrons. The first-order valence-electron chi connectivity index (χ1n) is 8.34. The predicted octanol–water partition coefficient (Wildman–Crippen LogP) is 5.98. The van der Waals surface area contributed by atoms with Crippen molar-refractivity contribution in [3.8, 4) is 0 Å². The fraction of sp³-hybridized carbons (Fsp3) is 0.368. The van der Waals surface area contributed by atoms with Crippen molar-refractivity contribution in [1.82, 2.24) is 0 Å². The van der Waals surface area contributed by atoms with E-state index in [4.69, 9.17) is 9.05 Å². The van der Waals surface area contributed by atoms with E-state index in [2.05, 4.69) is 5.32 Å². The maximum Gasteiger partial charge on any atom is 0.357 e. The summed E-state index contributed by atoms with van der Waals surface area (Å²) in [6, 6.07) is 15.2. The first-order chi connectivity index (χ1) is 11.8. The molecule has 2 aromatic carbocycles. The van der Waals surface area contributed by atoms with E-state index in [0.29, 0.717) is 5.56 Å². The van der Waals surface area contributed by atoms with Crippen LogP contribution in [0, 0.1) is 5.82 Å². The highest BCUT2D eigenvalue weighted by atomic mass is 31.2. The average Bonchev–Trinajstić information content (AvgIpc) is 2.53. The molecule has 0 aliphatic carbocycles. The normalized spacial score (nSPS) is 13.2. The second-order valence-electron chi connectivity index (χ2n) is 6.31. The summed E-state index contributed by atoms with van der Waals surface area (Å²) >= 11 is 0. The maximum absolute atomic E-state index is 13.6. The van der Waals surface area contributed by atoms with Gasteiger partial charge in [-0.3, -0.25) is 4.57 Å². The molecule has 0 aliphatic heterocycles. The highest BCUT2D eigenvalue weighted by Crippen LogP contribution is 2.62. The Balaban J connectivity index is 2.46. The molecule has 6 heteroatoms. The standard InChI is InChI=1S/C19H25FNO3P/c1-14(2)23-25(22,24-15(3)4)19(16-10-12-17(20)13-11-16)21-18-8-6-5-7-9-18/h5-15,19,21H,1-4H3. The molecule has 0 bridgehead atoms. The van der Waals surface area contributed by atoms with Gasteiger partial charge < -0.3 is 14.4 Å². The predicted molar refractivity (Wildman–Crippen MR) is 99.3 cm³/mol. The minimum Gasteiger partial charge on any atom is -0.368 e.